The number of allylic oxidation sites excluding steroid dienone is 2. The van der Waals surface area contributed by atoms with Gasteiger partial charge in [0.15, 0.2) is 0 Å². The van der Waals surface area contributed by atoms with Crippen molar-refractivity contribution in [3.63, 3.8) is 0 Å². The summed E-state index contributed by atoms with van der Waals surface area (Å²) >= 11 is 0. The molecule has 1 aromatic carbocycles. The standard InChI is InChI=1S/C14H18O3/c1-3-13(4-2)16-10-11-17-14(15)12-8-6-5-7-9-12/h3,5-9H,4,10-11H2,1-2H3/b13-3+. The van der Waals surface area contributed by atoms with E-state index in [-0.39, 0.29) is 12.6 Å². The summed E-state index contributed by atoms with van der Waals surface area (Å²) in [6.45, 7) is 4.61. The van der Waals surface area contributed by atoms with Gasteiger partial charge in [-0.2, -0.15) is 0 Å². The van der Waals surface area contributed by atoms with Gasteiger partial charge in [0.05, 0.1) is 11.3 Å². The number of benzene rings is 1. The van der Waals surface area contributed by atoms with Crippen molar-refractivity contribution in [1.82, 2.24) is 0 Å². The number of carbonyl (C=O) groups is 1. The zero-order valence-corrected chi connectivity index (χ0v) is 10.3. The molecule has 0 aliphatic carbocycles. The van der Waals surface area contributed by atoms with Gasteiger partial charge in [-0.3, -0.25) is 0 Å². The molecule has 0 N–H and O–H groups in total. The molecule has 0 spiro atoms. The summed E-state index contributed by atoms with van der Waals surface area (Å²) < 4.78 is 10.5. The molecule has 0 amide bonds. The molecule has 0 aliphatic heterocycles. The summed E-state index contributed by atoms with van der Waals surface area (Å²) in [4.78, 5) is 11.5. The van der Waals surface area contributed by atoms with Gasteiger partial charge in [0.2, 0.25) is 0 Å². The van der Waals surface area contributed by atoms with Crippen LogP contribution in [0.4, 0.5) is 0 Å². The van der Waals surface area contributed by atoms with Crippen molar-refractivity contribution in [2.75, 3.05) is 13.2 Å². The molecule has 0 radical (unpaired) electrons. The average molecular weight is 234 g/mol. The lowest BCUT2D eigenvalue weighted by molar-refractivity contribution is 0.0396. The molecule has 0 fully saturated rings. The first-order valence-corrected chi connectivity index (χ1v) is 5.78. The maximum atomic E-state index is 11.5. The molecule has 0 aliphatic rings. The molecular formula is C14H18O3. The first kappa shape index (κ1) is 13.3. The van der Waals surface area contributed by atoms with Crippen molar-refractivity contribution in [1.29, 1.82) is 0 Å². The van der Waals surface area contributed by atoms with E-state index in [2.05, 4.69) is 0 Å². The van der Waals surface area contributed by atoms with Crippen LogP contribution < -0.4 is 0 Å². The molecule has 3 heteroatoms. The van der Waals surface area contributed by atoms with E-state index in [1.165, 1.54) is 0 Å². The molecule has 0 bridgehead atoms. The molecule has 1 rings (SSSR count). The molecular weight excluding hydrogens is 216 g/mol. The maximum Gasteiger partial charge on any atom is 0.338 e. The SMILES string of the molecule is C/C=C(\CC)OCCOC(=O)c1ccccc1. The predicted molar refractivity (Wildman–Crippen MR) is 66.7 cm³/mol. The highest BCUT2D eigenvalue weighted by Crippen LogP contribution is 2.03. The van der Waals surface area contributed by atoms with E-state index in [1.54, 1.807) is 12.1 Å². The molecule has 0 saturated heterocycles. The third-order valence-corrected chi connectivity index (χ3v) is 2.28. The first-order chi connectivity index (χ1) is 8.27. The summed E-state index contributed by atoms with van der Waals surface area (Å²) in [6, 6.07) is 8.93. The van der Waals surface area contributed by atoms with Crippen molar-refractivity contribution < 1.29 is 14.3 Å². The molecule has 0 atom stereocenters. The Hall–Kier alpha value is -1.77. The van der Waals surface area contributed by atoms with Gasteiger partial charge in [-0.25, -0.2) is 4.79 Å². The smallest absolute Gasteiger partial charge is 0.338 e. The van der Waals surface area contributed by atoms with Gasteiger partial charge in [0, 0.05) is 6.42 Å². The highest BCUT2D eigenvalue weighted by molar-refractivity contribution is 5.89. The van der Waals surface area contributed by atoms with Crippen LogP contribution in [0.25, 0.3) is 0 Å². The molecule has 1 aromatic rings. The average Bonchev–Trinajstić information content (AvgIpc) is 2.40. The molecule has 17 heavy (non-hydrogen) atoms. The van der Waals surface area contributed by atoms with Crippen molar-refractivity contribution in [2.45, 2.75) is 20.3 Å². The van der Waals surface area contributed by atoms with Crippen molar-refractivity contribution in [3.05, 3.63) is 47.7 Å². The summed E-state index contributed by atoms with van der Waals surface area (Å²) in [6.07, 6.45) is 2.77. The highest BCUT2D eigenvalue weighted by Gasteiger charge is 2.05. The normalized spacial score (nSPS) is 11.1. The number of carbonyl (C=O) groups excluding carboxylic acids is 1. The van der Waals surface area contributed by atoms with E-state index < -0.39 is 0 Å². The zero-order valence-electron chi connectivity index (χ0n) is 10.3. The quantitative estimate of drug-likeness (QED) is 0.431. The van der Waals surface area contributed by atoms with Crippen LogP contribution >= 0.6 is 0 Å². The van der Waals surface area contributed by atoms with Crippen LogP contribution in [0.2, 0.25) is 0 Å². The Labute approximate surface area is 102 Å². The minimum absolute atomic E-state index is 0.269. The third-order valence-electron chi connectivity index (χ3n) is 2.28. The minimum atomic E-state index is -0.312. The minimum Gasteiger partial charge on any atom is -0.495 e. The lowest BCUT2D eigenvalue weighted by atomic mass is 10.2. The maximum absolute atomic E-state index is 11.5. The molecule has 92 valence electrons. The lowest BCUT2D eigenvalue weighted by Gasteiger charge is -2.08. The Kier molecular flexibility index (Phi) is 5.86. The Balaban J connectivity index is 2.26. The van der Waals surface area contributed by atoms with Crippen LogP contribution in [0.3, 0.4) is 0 Å². The van der Waals surface area contributed by atoms with Gasteiger partial charge in [-0.05, 0) is 25.1 Å². The van der Waals surface area contributed by atoms with Crippen LogP contribution in [0.1, 0.15) is 30.6 Å². The van der Waals surface area contributed by atoms with E-state index in [9.17, 15) is 4.79 Å². The van der Waals surface area contributed by atoms with Gasteiger partial charge >= 0.3 is 5.97 Å². The topological polar surface area (TPSA) is 35.5 Å². The largest absolute Gasteiger partial charge is 0.495 e. The van der Waals surface area contributed by atoms with Gasteiger partial charge in [0.1, 0.15) is 13.2 Å². The molecule has 0 unspecified atom stereocenters. The number of rotatable bonds is 6. The number of ether oxygens (including phenoxy) is 2. The van der Waals surface area contributed by atoms with Crippen LogP contribution in [-0.2, 0) is 9.47 Å². The lowest BCUT2D eigenvalue weighted by Crippen LogP contribution is -2.10. The zero-order chi connectivity index (χ0) is 12.5. The summed E-state index contributed by atoms with van der Waals surface area (Å²) in [7, 11) is 0. The van der Waals surface area contributed by atoms with Crippen LogP contribution in [0.15, 0.2) is 42.2 Å². The number of hydrogen-bond donors (Lipinski definition) is 0. The van der Waals surface area contributed by atoms with Crippen molar-refractivity contribution in [3.8, 4) is 0 Å². The molecule has 3 nitrogen and oxygen atoms in total. The number of esters is 1. The van der Waals surface area contributed by atoms with E-state index in [1.807, 2.05) is 38.1 Å². The van der Waals surface area contributed by atoms with E-state index >= 15 is 0 Å². The van der Waals surface area contributed by atoms with Gasteiger partial charge in [-0.1, -0.05) is 25.1 Å². The molecule has 0 heterocycles. The third kappa shape index (κ3) is 4.72. The fourth-order valence-corrected chi connectivity index (χ4v) is 1.35. The fraction of sp³-hybridized carbons (Fsp3) is 0.357. The van der Waals surface area contributed by atoms with Crippen molar-refractivity contribution in [2.24, 2.45) is 0 Å². The molecule has 0 saturated carbocycles. The second kappa shape index (κ2) is 7.49. The summed E-state index contributed by atoms with van der Waals surface area (Å²) in [5, 5.41) is 0. The molecule has 0 aromatic heterocycles. The first-order valence-electron chi connectivity index (χ1n) is 5.78. The van der Waals surface area contributed by atoms with E-state index in [0.717, 1.165) is 12.2 Å². The Morgan fingerprint density at radius 3 is 2.41 bits per heavy atom. The second-order valence-electron chi connectivity index (χ2n) is 3.46. The summed E-state index contributed by atoms with van der Waals surface area (Å²) in [5.74, 6) is 0.605. The summed E-state index contributed by atoms with van der Waals surface area (Å²) in [5.41, 5.74) is 0.564. The number of hydrogen-bond acceptors (Lipinski definition) is 3. The fourth-order valence-electron chi connectivity index (χ4n) is 1.35. The van der Waals surface area contributed by atoms with Crippen LogP contribution in [0, 0.1) is 0 Å². The van der Waals surface area contributed by atoms with Gasteiger partial charge in [-0.15, -0.1) is 0 Å². The Bertz CT molecular complexity index is 368. The van der Waals surface area contributed by atoms with Crippen molar-refractivity contribution >= 4 is 5.97 Å². The van der Waals surface area contributed by atoms with Gasteiger partial charge < -0.3 is 9.47 Å². The highest BCUT2D eigenvalue weighted by atomic mass is 16.6. The van der Waals surface area contributed by atoms with E-state index in [4.69, 9.17) is 9.47 Å². The van der Waals surface area contributed by atoms with Crippen LogP contribution in [-0.4, -0.2) is 19.2 Å². The predicted octanol–water partition coefficient (Wildman–Crippen LogP) is 3.17. The Morgan fingerprint density at radius 2 is 1.82 bits per heavy atom. The Morgan fingerprint density at radius 1 is 1.18 bits per heavy atom. The van der Waals surface area contributed by atoms with Crippen LogP contribution in [0.5, 0.6) is 0 Å². The second-order valence-corrected chi connectivity index (χ2v) is 3.46. The monoisotopic (exact) mass is 234 g/mol. The van der Waals surface area contributed by atoms with E-state index in [0.29, 0.717) is 12.2 Å². The van der Waals surface area contributed by atoms with Gasteiger partial charge in [0.25, 0.3) is 0 Å².